The molecule has 0 aliphatic heterocycles. The molecule has 1 amide bonds. The number of ketones is 1. The van der Waals surface area contributed by atoms with E-state index in [2.05, 4.69) is 5.32 Å². The van der Waals surface area contributed by atoms with Crippen LogP contribution in [0.2, 0.25) is 0 Å². The van der Waals surface area contributed by atoms with E-state index in [9.17, 15) is 14.4 Å². The van der Waals surface area contributed by atoms with Gasteiger partial charge in [-0.15, -0.1) is 0 Å². The summed E-state index contributed by atoms with van der Waals surface area (Å²) in [6.07, 6.45) is 2.96. The van der Waals surface area contributed by atoms with Crippen molar-refractivity contribution in [2.45, 2.75) is 38.1 Å². The second-order valence-electron chi connectivity index (χ2n) is 5.74. The van der Waals surface area contributed by atoms with Crippen LogP contribution >= 0.6 is 0 Å². The molecule has 0 aliphatic carbocycles. The van der Waals surface area contributed by atoms with E-state index in [0.29, 0.717) is 19.4 Å². The van der Waals surface area contributed by atoms with Crippen molar-refractivity contribution < 1.29 is 19.1 Å². The molecular formula is C18H27N3O4. The van der Waals surface area contributed by atoms with Gasteiger partial charge in [0, 0.05) is 6.42 Å². The lowest BCUT2D eigenvalue weighted by Gasteiger charge is -2.17. The van der Waals surface area contributed by atoms with Gasteiger partial charge in [0.25, 0.3) is 0 Å². The van der Waals surface area contributed by atoms with Crippen LogP contribution in [0, 0.1) is 0 Å². The molecule has 0 heterocycles. The Hall–Kier alpha value is -2.25. The fourth-order valence-electron chi connectivity index (χ4n) is 2.26. The van der Waals surface area contributed by atoms with Crippen LogP contribution in [0.1, 0.15) is 31.2 Å². The van der Waals surface area contributed by atoms with E-state index in [1.807, 2.05) is 30.3 Å². The molecule has 25 heavy (non-hydrogen) atoms. The summed E-state index contributed by atoms with van der Waals surface area (Å²) in [5.74, 6) is -1.21. The number of unbranched alkanes of at least 4 members (excludes halogenated alkanes) is 2. The number of carbonyl (C=O) groups is 3. The van der Waals surface area contributed by atoms with Crippen molar-refractivity contribution in [3.8, 4) is 0 Å². The summed E-state index contributed by atoms with van der Waals surface area (Å²) in [5.41, 5.74) is 11.6. The molecule has 0 aromatic heterocycles. The zero-order chi connectivity index (χ0) is 18.5. The Labute approximate surface area is 148 Å². The SMILES string of the molecule is NCCCCCC(=O)OCC(=O)[C@H](Cc1ccccc1)NC(=O)CN. The molecule has 1 aromatic rings. The minimum absolute atomic E-state index is 0.209. The van der Waals surface area contributed by atoms with Gasteiger partial charge in [-0.3, -0.25) is 14.4 Å². The van der Waals surface area contributed by atoms with Crippen LogP contribution in [0.15, 0.2) is 30.3 Å². The zero-order valence-electron chi connectivity index (χ0n) is 14.4. The van der Waals surface area contributed by atoms with E-state index in [4.69, 9.17) is 16.2 Å². The number of carbonyl (C=O) groups excluding carboxylic acids is 3. The molecule has 0 radical (unpaired) electrons. The normalized spacial score (nSPS) is 11.6. The Balaban J connectivity index is 2.51. The molecule has 5 N–H and O–H groups in total. The van der Waals surface area contributed by atoms with Gasteiger partial charge in [-0.2, -0.15) is 0 Å². The second-order valence-corrected chi connectivity index (χ2v) is 5.74. The van der Waals surface area contributed by atoms with Crippen LogP contribution in [0.5, 0.6) is 0 Å². The third kappa shape index (κ3) is 8.97. The highest BCUT2D eigenvalue weighted by molar-refractivity contribution is 5.91. The van der Waals surface area contributed by atoms with Crippen LogP contribution in [0.4, 0.5) is 0 Å². The topological polar surface area (TPSA) is 125 Å². The summed E-state index contributed by atoms with van der Waals surface area (Å²) in [6, 6.07) is 8.51. The van der Waals surface area contributed by atoms with Gasteiger partial charge in [0.2, 0.25) is 5.91 Å². The van der Waals surface area contributed by atoms with Crippen molar-refractivity contribution in [1.82, 2.24) is 5.32 Å². The smallest absolute Gasteiger partial charge is 0.306 e. The maximum Gasteiger partial charge on any atom is 0.306 e. The van der Waals surface area contributed by atoms with E-state index < -0.39 is 17.9 Å². The molecular weight excluding hydrogens is 322 g/mol. The summed E-state index contributed by atoms with van der Waals surface area (Å²) < 4.78 is 5.02. The number of esters is 1. The van der Waals surface area contributed by atoms with Gasteiger partial charge >= 0.3 is 5.97 Å². The Morgan fingerprint density at radius 3 is 2.40 bits per heavy atom. The predicted octanol–water partition coefficient (Wildman–Crippen LogP) is 0.304. The highest BCUT2D eigenvalue weighted by atomic mass is 16.5. The first-order chi connectivity index (χ1) is 12.1. The zero-order valence-corrected chi connectivity index (χ0v) is 14.4. The Kier molecular flexibility index (Phi) is 10.1. The van der Waals surface area contributed by atoms with Crippen molar-refractivity contribution in [3.05, 3.63) is 35.9 Å². The molecule has 138 valence electrons. The number of hydrogen-bond acceptors (Lipinski definition) is 6. The van der Waals surface area contributed by atoms with Gasteiger partial charge in [-0.25, -0.2) is 0 Å². The van der Waals surface area contributed by atoms with Crippen molar-refractivity contribution >= 4 is 17.7 Å². The lowest BCUT2D eigenvalue weighted by molar-refractivity contribution is -0.148. The van der Waals surface area contributed by atoms with E-state index in [-0.39, 0.29) is 25.4 Å². The molecule has 1 aromatic carbocycles. The number of benzene rings is 1. The first-order valence-electron chi connectivity index (χ1n) is 8.48. The van der Waals surface area contributed by atoms with E-state index in [0.717, 1.165) is 18.4 Å². The van der Waals surface area contributed by atoms with Crippen LogP contribution in [0.3, 0.4) is 0 Å². The molecule has 0 saturated carbocycles. The Morgan fingerprint density at radius 1 is 1.04 bits per heavy atom. The van der Waals surface area contributed by atoms with Crippen molar-refractivity contribution in [2.75, 3.05) is 19.7 Å². The maximum absolute atomic E-state index is 12.3. The Morgan fingerprint density at radius 2 is 1.76 bits per heavy atom. The molecule has 0 fully saturated rings. The number of ether oxygens (including phenoxy) is 1. The van der Waals surface area contributed by atoms with Crippen LogP contribution in [-0.4, -0.2) is 43.4 Å². The van der Waals surface area contributed by atoms with Crippen molar-refractivity contribution in [2.24, 2.45) is 11.5 Å². The minimum Gasteiger partial charge on any atom is -0.458 e. The lowest BCUT2D eigenvalue weighted by Crippen LogP contribution is -2.46. The van der Waals surface area contributed by atoms with E-state index in [1.54, 1.807) is 0 Å². The number of nitrogens with one attached hydrogen (secondary N) is 1. The van der Waals surface area contributed by atoms with E-state index in [1.165, 1.54) is 0 Å². The lowest BCUT2D eigenvalue weighted by atomic mass is 10.0. The Bertz CT molecular complexity index is 549. The first kappa shape index (κ1) is 20.8. The van der Waals surface area contributed by atoms with Crippen LogP contribution < -0.4 is 16.8 Å². The van der Waals surface area contributed by atoms with Gasteiger partial charge in [0.1, 0.15) is 0 Å². The van der Waals surface area contributed by atoms with E-state index >= 15 is 0 Å². The summed E-state index contributed by atoms with van der Waals surface area (Å²) in [6.45, 7) is 0.0209. The third-order valence-corrected chi connectivity index (χ3v) is 3.65. The summed E-state index contributed by atoms with van der Waals surface area (Å²) in [4.78, 5) is 35.5. The van der Waals surface area contributed by atoms with Crippen molar-refractivity contribution in [1.29, 1.82) is 0 Å². The van der Waals surface area contributed by atoms with Gasteiger partial charge in [0.05, 0.1) is 12.6 Å². The average molecular weight is 349 g/mol. The quantitative estimate of drug-likeness (QED) is 0.368. The first-order valence-corrected chi connectivity index (χ1v) is 8.48. The number of Topliss-reactive ketones (excluding diaryl/α,β-unsaturated/α-hetero) is 1. The highest BCUT2D eigenvalue weighted by Crippen LogP contribution is 2.06. The van der Waals surface area contributed by atoms with Crippen LogP contribution in [-0.2, 0) is 25.5 Å². The predicted molar refractivity (Wildman–Crippen MR) is 94.6 cm³/mol. The largest absolute Gasteiger partial charge is 0.458 e. The fraction of sp³-hybridized carbons (Fsp3) is 0.500. The average Bonchev–Trinajstić information content (AvgIpc) is 2.63. The number of amides is 1. The van der Waals surface area contributed by atoms with Gasteiger partial charge in [-0.1, -0.05) is 36.8 Å². The summed E-state index contributed by atoms with van der Waals surface area (Å²) in [5, 5.41) is 2.58. The molecule has 7 heteroatoms. The molecule has 0 unspecified atom stereocenters. The molecule has 0 saturated heterocycles. The molecule has 1 atom stereocenters. The highest BCUT2D eigenvalue weighted by Gasteiger charge is 2.22. The maximum atomic E-state index is 12.3. The number of hydrogen-bond donors (Lipinski definition) is 3. The molecule has 7 nitrogen and oxygen atoms in total. The molecule has 0 bridgehead atoms. The summed E-state index contributed by atoms with van der Waals surface area (Å²) >= 11 is 0. The third-order valence-electron chi connectivity index (χ3n) is 3.65. The summed E-state index contributed by atoms with van der Waals surface area (Å²) in [7, 11) is 0. The minimum atomic E-state index is -0.775. The van der Waals surface area contributed by atoms with Crippen molar-refractivity contribution in [3.63, 3.8) is 0 Å². The number of nitrogens with two attached hydrogens (primary N) is 2. The van der Waals surface area contributed by atoms with Gasteiger partial charge in [-0.05, 0) is 31.4 Å². The number of rotatable bonds is 12. The van der Waals surface area contributed by atoms with Gasteiger partial charge < -0.3 is 21.5 Å². The standard InChI is InChI=1S/C18H27N3O4/c19-10-6-2-5-9-18(24)25-13-16(22)15(21-17(23)12-20)11-14-7-3-1-4-8-14/h1,3-4,7-8,15H,2,5-6,9-13,19-20H2,(H,21,23)/t15-/m0/s1. The fourth-order valence-corrected chi connectivity index (χ4v) is 2.26. The van der Waals surface area contributed by atoms with Crippen LogP contribution in [0.25, 0.3) is 0 Å². The molecule has 0 spiro atoms. The second kappa shape index (κ2) is 12.2. The monoisotopic (exact) mass is 349 g/mol. The molecule has 0 aliphatic rings. The molecule has 1 rings (SSSR count). The van der Waals surface area contributed by atoms with Gasteiger partial charge in [0.15, 0.2) is 12.4 Å².